The molecule has 1 unspecified atom stereocenters. The van der Waals surface area contributed by atoms with Crippen LogP contribution in [-0.4, -0.2) is 9.78 Å². The molecule has 2 N–H and O–H groups in total. The first-order valence-corrected chi connectivity index (χ1v) is 7.01. The van der Waals surface area contributed by atoms with Crippen LogP contribution in [0.25, 0.3) is 0 Å². The first-order chi connectivity index (χ1) is 9.13. The molecule has 19 heavy (non-hydrogen) atoms. The molecular formula is C16H23N3. The third kappa shape index (κ3) is 3.24. The predicted octanol–water partition coefficient (Wildman–Crippen LogP) is 3.02. The molecule has 0 saturated heterocycles. The number of nitrogens with two attached hydrogens (primary N) is 1. The Morgan fingerprint density at radius 3 is 2.63 bits per heavy atom. The van der Waals surface area contributed by atoms with Gasteiger partial charge in [0.15, 0.2) is 0 Å². The number of aromatic nitrogens is 2. The molecule has 1 aromatic heterocycles. The van der Waals surface area contributed by atoms with E-state index in [-0.39, 0.29) is 6.04 Å². The van der Waals surface area contributed by atoms with Crippen LogP contribution in [0.5, 0.6) is 0 Å². The van der Waals surface area contributed by atoms with Gasteiger partial charge in [-0.1, -0.05) is 43.7 Å². The van der Waals surface area contributed by atoms with Crippen molar-refractivity contribution in [2.75, 3.05) is 0 Å². The van der Waals surface area contributed by atoms with Gasteiger partial charge in [-0.25, -0.2) is 0 Å². The maximum atomic E-state index is 6.31. The smallest absolute Gasteiger partial charge is 0.0624 e. The van der Waals surface area contributed by atoms with Crippen molar-refractivity contribution in [1.29, 1.82) is 0 Å². The molecule has 0 fully saturated rings. The van der Waals surface area contributed by atoms with Gasteiger partial charge in [-0.2, -0.15) is 5.10 Å². The molecule has 3 heteroatoms. The van der Waals surface area contributed by atoms with E-state index >= 15 is 0 Å². The van der Waals surface area contributed by atoms with Gasteiger partial charge in [0.25, 0.3) is 0 Å². The van der Waals surface area contributed by atoms with E-state index in [1.807, 2.05) is 0 Å². The van der Waals surface area contributed by atoms with E-state index in [2.05, 4.69) is 60.9 Å². The molecule has 1 heterocycles. The van der Waals surface area contributed by atoms with Gasteiger partial charge in [0, 0.05) is 11.7 Å². The number of rotatable bonds is 5. The molecule has 102 valence electrons. The Morgan fingerprint density at radius 1 is 1.21 bits per heavy atom. The normalized spacial score (nSPS) is 12.6. The van der Waals surface area contributed by atoms with Crippen molar-refractivity contribution in [2.24, 2.45) is 5.73 Å². The van der Waals surface area contributed by atoms with E-state index in [9.17, 15) is 0 Å². The molecule has 0 spiro atoms. The van der Waals surface area contributed by atoms with Crippen LogP contribution in [0, 0.1) is 6.92 Å². The zero-order valence-corrected chi connectivity index (χ0v) is 12.1. The number of hydrogen-bond acceptors (Lipinski definition) is 2. The number of benzene rings is 1. The molecular weight excluding hydrogens is 234 g/mol. The Labute approximate surface area is 115 Å². The quantitative estimate of drug-likeness (QED) is 0.894. The highest BCUT2D eigenvalue weighted by atomic mass is 15.3. The van der Waals surface area contributed by atoms with Crippen LogP contribution in [-0.2, 0) is 19.4 Å². The van der Waals surface area contributed by atoms with Crippen LogP contribution < -0.4 is 5.73 Å². The second kappa shape index (κ2) is 6.02. The molecule has 0 saturated carbocycles. The summed E-state index contributed by atoms with van der Waals surface area (Å²) in [5.41, 5.74) is 11.1. The number of hydrogen-bond donors (Lipinski definition) is 1. The third-order valence-corrected chi connectivity index (χ3v) is 3.48. The summed E-state index contributed by atoms with van der Waals surface area (Å²) in [6.07, 6.45) is 1.97. The summed E-state index contributed by atoms with van der Waals surface area (Å²) in [7, 11) is 0. The number of nitrogens with zero attached hydrogens (tertiary/aromatic N) is 2. The molecule has 0 amide bonds. The fourth-order valence-electron chi connectivity index (χ4n) is 2.32. The highest BCUT2D eigenvalue weighted by Gasteiger charge is 2.11. The molecule has 0 aliphatic heterocycles. The van der Waals surface area contributed by atoms with Gasteiger partial charge >= 0.3 is 0 Å². The van der Waals surface area contributed by atoms with Crippen molar-refractivity contribution in [3.63, 3.8) is 0 Å². The summed E-state index contributed by atoms with van der Waals surface area (Å²) < 4.78 is 2.06. The van der Waals surface area contributed by atoms with Crippen LogP contribution in [0.3, 0.4) is 0 Å². The van der Waals surface area contributed by atoms with E-state index in [1.165, 1.54) is 16.8 Å². The zero-order chi connectivity index (χ0) is 13.8. The van der Waals surface area contributed by atoms with Crippen molar-refractivity contribution < 1.29 is 0 Å². The summed E-state index contributed by atoms with van der Waals surface area (Å²) in [6.45, 7) is 7.13. The Hall–Kier alpha value is -1.61. The van der Waals surface area contributed by atoms with Crippen molar-refractivity contribution in [2.45, 2.75) is 46.2 Å². The fraction of sp³-hybridized carbons (Fsp3) is 0.438. The molecule has 0 aliphatic rings. The largest absolute Gasteiger partial charge is 0.322 e. The maximum absolute atomic E-state index is 6.31. The zero-order valence-electron chi connectivity index (χ0n) is 12.1. The van der Waals surface area contributed by atoms with E-state index < -0.39 is 0 Å². The summed E-state index contributed by atoms with van der Waals surface area (Å²) in [4.78, 5) is 0. The summed E-state index contributed by atoms with van der Waals surface area (Å²) in [5, 5.41) is 4.62. The summed E-state index contributed by atoms with van der Waals surface area (Å²) >= 11 is 0. The van der Waals surface area contributed by atoms with E-state index in [0.29, 0.717) is 0 Å². The molecule has 2 aromatic rings. The SMILES string of the molecule is CCc1cc(CC)n(CC(N)c2cccc(C)c2)n1. The minimum absolute atomic E-state index is 0.00481. The van der Waals surface area contributed by atoms with Crippen molar-refractivity contribution in [3.05, 3.63) is 52.8 Å². The van der Waals surface area contributed by atoms with Crippen molar-refractivity contribution >= 4 is 0 Å². The molecule has 0 bridgehead atoms. The van der Waals surface area contributed by atoms with E-state index in [1.54, 1.807) is 0 Å². The van der Waals surface area contributed by atoms with Crippen molar-refractivity contribution in [1.82, 2.24) is 9.78 Å². The Morgan fingerprint density at radius 2 is 2.00 bits per heavy atom. The highest BCUT2D eigenvalue weighted by molar-refractivity contribution is 5.25. The van der Waals surface area contributed by atoms with Crippen LogP contribution in [0.2, 0.25) is 0 Å². The lowest BCUT2D eigenvalue weighted by Gasteiger charge is -2.14. The highest BCUT2D eigenvalue weighted by Crippen LogP contribution is 2.16. The van der Waals surface area contributed by atoms with Gasteiger partial charge < -0.3 is 5.73 Å². The second-order valence-corrected chi connectivity index (χ2v) is 5.04. The predicted molar refractivity (Wildman–Crippen MR) is 79.1 cm³/mol. The van der Waals surface area contributed by atoms with Crippen LogP contribution in [0.4, 0.5) is 0 Å². The lowest BCUT2D eigenvalue weighted by molar-refractivity contribution is 0.507. The summed E-state index contributed by atoms with van der Waals surface area (Å²) in [5.74, 6) is 0. The van der Waals surface area contributed by atoms with E-state index in [0.717, 1.165) is 25.1 Å². The Balaban J connectivity index is 2.18. The monoisotopic (exact) mass is 257 g/mol. The van der Waals surface area contributed by atoms with Crippen LogP contribution >= 0.6 is 0 Å². The van der Waals surface area contributed by atoms with Gasteiger partial charge in [-0.3, -0.25) is 4.68 Å². The maximum Gasteiger partial charge on any atom is 0.0624 e. The minimum atomic E-state index is -0.00481. The molecule has 1 aromatic carbocycles. The molecule has 0 radical (unpaired) electrons. The van der Waals surface area contributed by atoms with Gasteiger partial charge in [-0.05, 0) is 31.4 Å². The lowest BCUT2D eigenvalue weighted by atomic mass is 10.1. The Bertz CT molecular complexity index is 543. The fourth-order valence-corrected chi connectivity index (χ4v) is 2.32. The molecule has 0 aliphatic carbocycles. The molecule has 1 atom stereocenters. The van der Waals surface area contributed by atoms with Crippen LogP contribution in [0.1, 0.15) is 42.4 Å². The molecule has 3 nitrogen and oxygen atoms in total. The van der Waals surface area contributed by atoms with Gasteiger partial charge in [0.1, 0.15) is 0 Å². The van der Waals surface area contributed by atoms with Gasteiger partial charge in [0.2, 0.25) is 0 Å². The van der Waals surface area contributed by atoms with E-state index in [4.69, 9.17) is 5.73 Å². The van der Waals surface area contributed by atoms with Gasteiger partial charge in [0.05, 0.1) is 12.2 Å². The number of aryl methyl sites for hydroxylation is 3. The summed E-state index contributed by atoms with van der Waals surface area (Å²) in [6, 6.07) is 10.6. The average molecular weight is 257 g/mol. The lowest BCUT2D eigenvalue weighted by Crippen LogP contribution is -2.20. The first-order valence-electron chi connectivity index (χ1n) is 7.01. The average Bonchev–Trinajstić information content (AvgIpc) is 2.81. The second-order valence-electron chi connectivity index (χ2n) is 5.04. The standard InChI is InChI=1S/C16H23N3/c1-4-14-10-15(5-2)19(18-14)11-16(17)13-8-6-7-12(3)9-13/h6-10,16H,4-5,11,17H2,1-3H3. The molecule has 2 rings (SSSR count). The third-order valence-electron chi connectivity index (χ3n) is 3.48. The van der Waals surface area contributed by atoms with Crippen LogP contribution in [0.15, 0.2) is 30.3 Å². The first kappa shape index (κ1) is 13.8. The Kier molecular flexibility index (Phi) is 4.38. The minimum Gasteiger partial charge on any atom is -0.322 e. The topological polar surface area (TPSA) is 43.8 Å². The van der Waals surface area contributed by atoms with Crippen molar-refractivity contribution in [3.8, 4) is 0 Å². The van der Waals surface area contributed by atoms with Gasteiger partial charge in [-0.15, -0.1) is 0 Å².